The number of hydrogen-bond donors (Lipinski definition) is 2. The standard InChI is InChI=1S/C17H32N4O/c1-17(2,3)19-16(22)5-4-10-20-11-6-15(7-12-20)21-13-8-18-9-14-21/h4-5,15,18H,6-14H2,1-3H3,(H,19,22). The van der Waals surface area contributed by atoms with E-state index in [-0.39, 0.29) is 11.4 Å². The molecule has 5 nitrogen and oxygen atoms in total. The minimum atomic E-state index is -0.164. The Kier molecular flexibility index (Phi) is 6.41. The van der Waals surface area contributed by atoms with Gasteiger partial charge in [-0.15, -0.1) is 0 Å². The number of rotatable bonds is 4. The topological polar surface area (TPSA) is 47.6 Å². The van der Waals surface area contributed by atoms with Crippen LogP contribution in [0.15, 0.2) is 12.2 Å². The second-order valence-electron chi connectivity index (χ2n) is 7.46. The molecule has 0 unspecified atom stereocenters. The van der Waals surface area contributed by atoms with Crippen molar-refractivity contribution < 1.29 is 4.79 Å². The van der Waals surface area contributed by atoms with E-state index in [2.05, 4.69) is 20.4 Å². The molecule has 0 aliphatic carbocycles. The van der Waals surface area contributed by atoms with Gasteiger partial charge in [0, 0.05) is 50.4 Å². The number of carbonyl (C=O) groups is 1. The Labute approximate surface area is 135 Å². The average molecular weight is 308 g/mol. The van der Waals surface area contributed by atoms with Crippen LogP contribution in [0.2, 0.25) is 0 Å². The average Bonchev–Trinajstić information content (AvgIpc) is 2.47. The van der Waals surface area contributed by atoms with Gasteiger partial charge in [0.15, 0.2) is 0 Å². The largest absolute Gasteiger partial charge is 0.348 e. The summed E-state index contributed by atoms with van der Waals surface area (Å²) in [6.45, 7) is 13.8. The first-order valence-corrected chi connectivity index (χ1v) is 8.60. The van der Waals surface area contributed by atoms with Gasteiger partial charge in [-0.3, -0.25) is 14.6 Å². The van der Waals surface area contributed by atoms with Gasteiger partial charge in [-0.25, -0.2) is 0 Å². The van der Waals surface area contributed by atoms with Gasteiger partial charge in [0.2, 0.25) is 5.91 Å². The maximum atomic E-state index is 11.7. The van der Waals surface area contributed by atoms with E-state index in [9.17, 15) is 4.79 Å². The molecule has 2 N–H and O–H groups in total. The van der Waals surface area contributed by atoms with E-state index in [1.807, 2.05) is 26.8 Å². The lowest BCUT2D eigenvalue weighted by Gasteiger charge is -2.40. The summed E-state index contributed by atoms with van der Waals surface area (Å²) in [5.74, 6) is 0.00297. The fourth-order valence-corrected chi connectivity index (χ4v) is 3.23. The Hall–Kier alpha value is -0.910. The monoisotopic (exact) mass is 308 g/mol. The molecule has 0 aromatic carbocycles. The quantitative estimate of drug-likeness (QED) is 0.755. The van der Waals surface area contributed by atoms with Crippen molar-refractivity contribution in [2.45, 2.75) is 45.2 Å². The minimum absolute atomic E-state index is 0.00297. The minimum Gasteiger partial charge on any atom is -0.348 e. The maximum Gasteiger partial charge on any atom is 0.244 e. The maximum absolute atomic E-state index is 11.7. The predicted molar refractivity (Wildman–Crippen MR) is 90.9 cm³/mol. The highest BCUT2D eigenvalue weighted by atomic mass is 16.1. The van der Waals surface area contributed by atoms with Gasteiger partial charge >= 0.3 is 0 Å². The number of amides is 1. The molecule has 1 amide bonds. The Morgan fingerprint density at radius 2 is 1.82 bits per heavy atom. The Balaban J connectivity index is 1.65. The van der Waals surface area contributed by atoms with Crippen molar-refractivity contribution in [3.05, 3.63) is 12.2 Å². The molecule has 2 aliphatic heterocycles. The first kappa shape index (κ1) is 17.4. The fraction of sp³-hybridized carbons (Fsp3) is 0.824. The summed E-state index contributed by atoms with van der Waals surface area (Å²) >= 11 is 0. The van der Waals surface area contributed by atoms with Crippen LogP contribution in [0.1, 0.15) is 33.6 Å². The highest BCUT2D eigenvalue weighted by molar-refractivity contribution is 5.87. The molecule has 2 aliphatic rings. The number of nitrogens with zero attached hydrogens (tertiary/aromatic N) is 2. The van der Waals surface area contributed by atoms with Gasteiger partial charge in [0.05, 0.1) is 0 Å². The molecule has 2 heterocycles. The SMILES string of the molecule is CC(C)(C)NC(=O)C=CCN1CCC(N2CCNCC2)CC1. The normalized spacial score (nSPS) is 23.0. The lowest BCUT2D eigenvalue weighted by molar-refractivity contribution is -0.117. The van der Waals surface area contributed by atoms with Crippen LogP contribution in [0.3, 0.4) is 0 Å². The Morgan fingerprint density at radius 1 is 1.18 bits per heavy atom. The van der Waals surface area contributed by atoms with Crippen molar-refractivity contribution in [3.63, 3.8) is 0 Å². The first-order valence-electron chi connectivity index (χ1n) is 8.60. The van der Waals surface area contributed by atoms with E-state index >= 15 is 0 Å². The van der Waals surface area contributed by atoms with Crippen LogP contribution in [0.5, 0.6) is 0 Å². The van der Waals surface area contributed by atoms with Crippen molar-refractivity contribution in [3.8, 4) is 0 Å². The van der Waals surface area contributed by atoms with E-state index in [1.165, 1.54) is 25.9 Å². The Bertz CT molecular complexity index is 375. The van der Waals surface area contributed by atoms with E-state index in [1.54, 1.807) is 6.08 Å². The molecule has 2 rings (SSSR count). The van der Waals surface area contributed by atoms with Gasteiger partial charge in [-0.2, -0.15) is 0 Å². The van der Waals surface area contributed by atoms with Crippen LogP contribution < -0.4 is 10.6 Å². The lowest BCUT2D eigenvalue weighted by atomic mass is 10.0. The number of hydrogen-bond acceptors (Lipinski definition) is 4. The second kappa shape index (κ2) is 8.09. The zero-order valence-electron chi connectivity index (χ0n) is 14.4. The second-order valence-corrected chi connectivity index (χ2v) is 7.46. The summed E-state index contributed by atoms with van der Waals surface area (Å²) in [6.07, 6.45) is 6.17. The third-order valence-electron chi connectivity index (χ3n) is 4.36. The van der Waals surface area contributed by atoms with Gasteiger partial charge in [0.1, 0.15) is 0 Å². The van der Waals surface area contributed by atoms with Crippen molar-refractivity contribution >= 4 is 5.91 Å². The lowest BCUT2D eigenvalue weighted by Crippen LogP contribution is -2.52. The van der Waals surface area contributed by atoms with Crippen LogP contribution in [0, 0.1) is 0 Å². The highest BCUT2D eigenvalue weighted by Crippen LogP contribution is 2.16. The molecule has 0 spiro atoms. The van der Waals surface area contributed by atoms with Crippen molar-refractivity contribution in [2.75, 3.05) is 45.8 Å². The van der Waals surface area contributed by atoms with E-state index in [0.717, 1.165) is 38.8 Å². The molecular weight excluding hydrogens is 276 g/mol. The van der Waals surface area contributed by atoms with E-state index < -0.39 is 0 Å². The van der Waals surface area contributed by atoms with Gasteiger partial charge < -0.3 is 10.6 Å². The van der Waals surface area contributed by atoms with Crippen molar-refractivity contribution in [1.29, 1.82) is 0 Å². The summed E-state index contributed by atoms with van der Waals surface area (Å²) in [7, 11) is 0. The summed E-state index contributed by atoms with van der Waals surface area (Å²) in [4.78, 5) is 16.8. The van der Waals surface area contributed by atoms with Crippen LogP contribution in [-0.4, -0.2) is 73.1 Å². The number of likely N-dealkylation sites (tertiary alicyclic amines) is 1. The number of piperidine rings is 1. The summed E-state index contributed by atoms with van der Waals surface area (Å²) in [5.41, 5.74) is -0.164. The zero-order valence-corrected chi connectivity index (χ0v) is 14.4. The third kappa shape index (κ3) is 6.07. The molecule has 22 heavy (non-hydrogen) atoms. The number of piperazine rings is 1. The van der Waals surface area contributed by atoms with Crippen molar-refractivity contribution in [1.82, 2.24) is 20.4 Å². The highest BCUT2D eigenvalue weighted by Gasteiger charge is 2.24. The van der Waals surface area contributed by atoms with Gasteiger partial charge in [-0.1, -0.05) is 6.08 Å². The molecule has 0 atom stereocenters. The summed E-state index contributed by atoms with van der Waals surface area (Å²) < 4.78 is 0. The molecule has 0 aromatic rings. The summed E-state index contributed by atoms with van der Waals surface area (Å²) in [5, 5.41) is 6.37. The molecule has 5 heteroatoms. The molecule has 0 bridgehead atoms. The Morgan fingerprint density at radius 3 is 2.41 bits per heavy atom. The number of carbonyl (C=O) groups excluding carboxylic acids is 1. The zero-order chi connectivity index (χ0) is 16.0. The van der Waals surface area contributed by atoms with Crippen LogP contribution in [0.25, 0.3) is 0 Å². The van der Waals surface area contributed by atoms with E-state index in [4.69, 9.17) is 0 Å². The number of nitrogens with one attached hydrogen (secondary N) is 2. The molecule has 0 radical (unpaired) electrons. The molecule has 126 valence electrons. The third-order valence-corrected chi connectivity index (χ3v) is 4.36. The van der Waals surface area contributed by atoms with Crippen LogP contribution >= 0.6 is 0 Å². The first-order chi connectivity index (χ1) is 10.4. The molecule has 0 aromatic heterocycles. The molecule has 2 saturated heterocycles. The molecular formula is C17H32N4O. The summed E-state index contributed by atoms with van der Waals surface area (Å²) in [6, 6.07) is 0.756. The van der Waals surface area contributed by atoms with Crippen LogP contribution in [0.4, 0.5) is 0 Å². The predicted octanol–water partition coefficient (Wildman–Crippen LogP) is 0.827. The van der Waals surface area contributed by atoms with Crippen molar-refractivity contribution in [2.24, 2.45) is 0 Å². The molecule has 2 fully saturated rings. The van der Waals surface area contributed by atoms with Crippen LogP contribution in [-0.2, 0) is 4.79 Å². The van der Waals surface area contributed by atoms with Gasteiger partial charge in [0.25, 0.3) is 0 Å². The van der Waals surface area contributed by atoms with E-state index in [0.29, 0.717) is 0 Å². The molecule has 0 saturated carbocycles. The van der Waals surface area contributed by atoms with Gasteiger partial charge in [-0.05, 0) is 46.7 Å². The smallest absolute Gasteiger partial charge is 0.244 e. The fourth-order valence-electron chi connectivity index (χ4n) is 3.23.